The third-order valence-electron chi connectivity index (χ3n) is 4.96. The second-order valence-corrected chi connectivity index (χ2v) is 8.27. The fraction of sp³-hybridized carbons (Fsp3) is 0.292. The number of thioether (sulfide) groups is 1. The average molecular weight is 422 g/mol. The van der Waals surface area contributed by atoms with Crippen molar-refractivity contribution in [3.63, 3.8) is 0 Å². The summed E-state index contributed by atoms with van der Waals surface area (Å²) in [5, 5.41) is 1.13. The zero-order valence-corrected chi connectivity index (χ0v) is 18.5. The smallest absolute Gasteiger partial charge is 0.262 e. The molecule has 5 nitrogen and oxygen atoms in total. The second kappa shape index (κ2) is 9.76. The summed E-state index contributed by atoms with van der Waals surface area (Å²) in [6, 6.07) is 17.0. The molecule has 30 heavy (non-hydrogen) atoms. The number of aromatic nitrogens is 2. The van der Waals surface area contributed by atoms with Crippen molar-refractivity contribution in [3.8, 4) is 0 Å². The molecule has 1 aromatic heterocycles. The summed E-state index contributed by atoms with van der Waals surface area (Å²) < 4.78 is 1.70. The summed E-state index contributed by atoms with van der Waals surface area (Å²) in [6.45, 7) is 10.9. The number of benzene rings is 2. The fourth-order valence-electron chi connectivity index (χ4n) is 3.37. The van der Waals surface area contributed by atoms with Gasteiger partial charge in [-0.2, -0.15) is 0 Å². The summed E-state index contributed by atoms with van der Waals surface area (Å²) >= 11 is 1.31. The van der Waals surface area contributed by atoms with Crippen LogP contribution in [0, 0.1) is 0 Å². The van der Waals surface area contributed by atoms with Gasteiger partial charge in [0.2, 0.25) is 5.91 Å². The van der Waals surface area contributed by atoms with Crippen LogP contribution in [0.25, 0.3) is 10.9 Å². The Morgan fingerprint density at radius 2 is 1.83 bits per heavy atom. The van der Waals surface area contributed by atoms with Gasteiger partial charge >= 0.3 is 0 Å². The Morgan fingerprint density at radius 3 is 2.50 bits per heavy atom. The number of rotatable bonds is 8. The van der Waals surface area contributed by atoms with Gasteiger partial charge in [-0.25, -0.2) is 4.98 Å². The molecular formula is C24H27N3O2S. The van der Waals surface area contributed by atoms with E-state index in [1.165, 1.54) is 11.8 Å². The zero-order valence-electron chi connectivity index (χ0n) is 17.7. The molecule has 0 radical (unpaired) electrons. The van der Waals surface area contributed by atoms with E-state index in [4.69, 9.17) is 4.98 Å². The normalized spacial score (nSPS) is 12.0. The van der Waals surface area contributed by atoms with Crippen molar-refractivity contribution in [2.24, 2.45) is 0 Å². The lowest BCUT2D eigenvalue weighted by atomic mass is 10.1. The molecule has 0 spiro atoms. The molecule has 6 heteroatoms. The molecule has 0 bridgehead atoms. The predicted molar refractivity (Wildman–Crippen MR) is 124 cm³/mol. The van der Waals surface area contributed by atoms with Crippen LogP contribution in [0.3, 0.4) is 0 Å². The van der Waals surface area contributed by atoms with Crippen LogP contribution in [-0.2, 0) is 4.79 Å². The van der Waals surface area contributed by atoms with Crippen LogP contribution in [0.5, 0.6) is 0 Å². The van der Waals surface area contributed by atoms with Crippen molar-refractivity contribution in [2.45, 2.75) is 32.0 Å². The molecule has 3 rings (SSSR count). The number of nitrogens with zero attached hydrogens (tertiary/aromatic N) is 3. The Labute approximate surface area is 181 Å². The van der Waals surface area contributed by atoms with E-state index in [0.717, 1.165) is 11.1 Å². The van der Waals surface area contributed by atoms with E-state index in [-0.39, 0.29) is 23.3 Å². The molecule has 0 aliphatic heterocycles. The monoisotopic (exact) mass is 421 g/mol. The molecule has 1 amide bonds. The highest BCUT2D eigenvalue weighted by molar-refractivity contribution is 7.99. The van der Waals surface area contributed by atoms with Gasteiger partial charge in [0.15, 0.2) is 5.16 Å². The second-order valence-electron chi connectivity index (χ2n) is 7.33. The molecule has 0 saturated carbocycles. The Hall–Kier alpha value is -2.86. The van der Waals surface area contributed by atoms with Crippen molar-refractivity contribution in [1.29, 1.82) is 0 Å². The molecule has 0 N–H and O–H groups in total. The van der Waals surface area contributed by atoms with Gasteiger partial charge in [0.1, 0.15) is 0 Å². The fourth-order valence-corrected chi connectivity index (χ4v) is 4.35. The van der Waals surface area contributed by atoms with E-state index >= 15 is 0 Å². The van der Waals surface area contributed by atoms with Gasteiger partial charge in [-0.05, 0) is 38.5 Å². The Morgan fingerprint density at radius 1 is 1.17 bits per heavy atom. The maximum absolute atomic E-state index is 13.3. The molecule has 2 aromatic carbocycles. The number of hydrogen-bond acceptors (Lipinski definition) is 4. The van der Waals surface area contributed by atoms with Gasteiger partial charge in [0.25, 0.3) is 5.56 Å². The van der Waals surface area contributed by atoms with Gasteiger partial charge in [-0.15, -0.1) is 0 Å². The van der Waals surface area contributed by atoms with Crippen LogP contribution < -0.4 is 5.56 Å². The first kappa shape index (κ1) is 21.8. The third kappa shape index (κ3) is 4.82. The van der Waals surface area contributed by atoms with E-state index in [2.05, 4.69) is 6.58 Å². The number of likely N-dealkylation sites (N-methyl/N-ethyl adjacent to an activating group) is 1. The van der Waals surface area contributed by atoms with Crippen molar-refractivity contribution in [2.75, 3.05) is 18.8 Å². The lowest BCUT2D eigenvalue weighted by Gasteiger charge is -2.22. The topological polar surface area (TPSA) is 55.2 Å². The maximum atomic E-state index is 13.3. The van der Waals surface area contributed by atoms with Crippen molar-refractivity contribution >= 4 is 28.6 Å². The number of amides is 1. The quantitative estimate of drug-likeness (QED) is 0.305. The molecule has 1 unspecified atom stereocenters. The van der Waals surface area contributed by atoms with Crippen molar-refractivity contribution in [1.82, 2.24) is 14.5 Å². The first-order valence-electron chi connectivity index (χ1n) is 10.0. The largest absolute Gasteiger partial charge is 0.338 e. The number of para-hydroxylation sites is 1. The molecule has 3 aromatic rings. The van der Waals surface area contributed by atoms with Crippen LogP contribution in [0.15, 0.2) is 76.7 Å². The van der Waals surface area contributed by atoms with Crippen LogP contribution in [0.1, 0.15) is 32.4 Å². The molecule has 0 aliphatic rings. The maximum Gasteiger partial charge on any atom is 0.262 e. The molecule has 0 fully saturated rings. The SMILES string of the molecule is C=C(C)CN(CC)C(=O)CSc1nc2ccccc2c(=O)n1C(C)c1ccccc1. The zero-order chi connectivity index (χ0) is 21.7. The molecule has 1 atom stereocenters. The highest BCUT2D eigenvalue weighted by Crippen LogP contribution is 2.25. The minimum Gasteiger partial charge on any atom is -0.338 e. The molecule has 0 saturated heterocycles. The Balaban J connectivity index is 1.99. The highest BCUT2D eigenvalue weighted by atomic mass is 32.2. The van der Waals surface area contributed by atoms with Gasteiger partial charge in [-0.3, -0.25) is 14.2 Å². The summed E-state index contributed by atoms with van der Waals surface area (Å²) in [5.41, 5.74) is 2.50. The predicted octanol–water partition coefficient (Wildman–Crippen LogP) is 4.52. The number of carbonyl (C=O) groups is 1. The molecular weight excluding hydrogens is 394 g/mol. The molecule has 0 aliphatic carbocycles. The lowest BCUT2D eigenvalue weighted by Crippen LogP contribution is -2.34. The van der Waals surface area contributed by atoms with Crippen LogP contribution in [0.4, 0.5) is 0 Å². The lowest BCUT2D eigenvalue weighted by molar-refractivity contribution is -0.127. The van der Waals surface area contributed by atoms with Gasteiger partial charge in [0.05, 0.1) is 22.7 Å². The summed E-state index contributed by atoms with van der Waals surface area (Å²) in [7, 11) is 0. The van der Waals surface area contributed by atoms with Crippen LogP contribution in [-0.4, -0.2) is 39.2 Å². The third-order valence-corrected chi connectivity index (χ3v) is 5.90. The standard InChI is InChI=1S/C24H27N3O2S/c1-5-26(15-17(2)3)22(28)16-30-24-25-21-14-10-9-13-20(21)23(29)27(24)18(4)19-11-7-6-8-12-19/h6-14,18H,2,5,15-16H2,1,3-4H3. The van der Waals surface area contributed by atoms with Crippen LogP contribution in [0.2, 0.25) is 0 Å². The summed E-state index contributed by atoms with van der Waals surface area (Å²) in [5.74, 6) is 0.222. The summed E-state index contributed by atoms with van der Waals surface area (Å²) in [4.78, 5) is 32.6. The highest BCUT2D eigenvalue weighted by Gasteiger charge is 2.20. The Bertz CT molecular complexity index is 1110. The van der Waals surface area contributed by atoms with E-state index in [1.54, 1.807) is 15.5 Å². The van der Waals surface area contributed by atoms with Gasteiger partial charge < -0.3 is 4.90 Å². The first-order valence-corrected chi connectivity index (χ1v) is 11.0. The van der Waals surface area contributed by atoms with Gasteiger partial charge in [-0.1, -0.05) is 66.4 Å². The first-order chi connectivity index (χ1) is 14.4. The van der Waals surface area contributed by atoms with E-state index in [1.807, 2.05) is 69.3 Å². The number of carbonyl (C=O) groups excluding carboxylic acids is 1. The summed E-state index contributed by atoms with van der Waals surface area (Å²) in [6.07, 6.45) is 0. The minimum atomic E-state index is -0.203. The van der Waals surface area contributed by atoms with Crippen molar-refractivity contribution < 1.29 is 4.79 Å². The van der Waals surface area contributed by atoms with E-state index < -0.39 is 0 Å². The van der Waals surface area contributed by atoms with Crippen LogP contribution >= 0.6 is 11.8 Å². The average Bonchev–Trinajstić information content (AvgIpc) is 2.76. The Kier molecular flexibility index (Phi) is 7.11. The molecule has 156 valence electrons. The van der Waals surface area contributed by atoms with Crippen molar-refractivity contribution in [3.05, 3.63) is 82.7 Å². The number of fused-ring (bicyclic) bond motifs is 1. The minimum absolute atomic E-state index is 0.00632. The van der Waals surface area contributed by atoms with Gasteiger partial charge in [0, 0.05) is 13.1 Å². The molecule has 1 heterocycles. The van der Waals surface area contributed by atoms with E-state index in [0.29, 0.717) is 29.1 Å². The number of hydrogen-bond donors (Lipinski definition) is 0. The van der Waals surface area contributed by atoms with E-state index in [9.17, 15) is 9.59 Å².